The Morgan fingerprint density at radius 3 is 2.06 bits per heavy atom. The van der Waals surface area contributed by atoms with Gasteiger partial charge >= 0.3 is 6.09 Å². The number of aromatic nitrogens is 1. The van der Waals surface area contributed by atoms with Crippen molar-refractivity contribution in [2.75, 3.05) is 17.3 Å². The van der Waals surface area contributed by atoms with E-state index < -0.39 is 11.7 Å². The zero-order chi connectivity index (χ0) is 22.4. The van der Waals surface area contributed by atoms with E-state index >= 15 is 0 Å². The Labute approximate surface area is 181 Å². The highest BCUT2D eigenvalue weighted by molar-refractivity contribution is 6.04. The Bertz CT molecular complexity index is 1030. The lowest BCUT2D eigenvalue weighted by atomic mass is 10.2. The number of carbonyl (C=O) groups excluding carboxylic acids is 2. The molecular weight excluding hydrogens is 394 g/mol. The highest BCUT2D eigenvalue weighted by atomic mass is 16.6. The number of nitrogens with one attached hydrogen (secondary N) is 1. The van der Waals surface area contributed by atoms with E-state index in [1.54, 1.807) is 74.0 Å². The van der Waals surface area contributed by atoms with E-state index in [1.165, 1.54) is 11.1 Å². The topological polar surface area (TPSA) is 80.8 Å². The smallest absolute Gasteiger partial charge is 0.419 e. The van der Waals surface area contributed by atoms with Crippen LogP contribution < -0.4 is 15.0 Å². The van der Waals surface area contributed by atoms with Gasteiger partial charge in [0.05, 0.1) is 24.0 Å². The first-order valence-electron chi connectivity index (χ1n) is 9.75. The summed E-state index contributed by atoms with van der Waals surface area (Å²) in [5.41, 5.74) is 1.62. The van der Waals surface area contributed by atoms with E-state index in [0.29, 0.717) is 28.4 Å². The van der Waals surface area contributed by atoms with Crippen LogP contribution in [0.4, 0.5) is 21.9 Å². The van der Waals surface area contributed by atoms with Gasteiger partial charge in [-0.15, -0.1) is 0 Å². The summed E-state index contributed by atoms with van der Waals surface area (Å²) in [7, 11) is 1.58. The Kier molecular flexibility index (Phi) is 6.55. The lowest BCUT2D eigenvalue weighted by Crippen LogP contribution is -2.33. The third-order valence-corrected chi connectivity index (χ3v) is 4.21. The van der Waals surface area contributed by atoms with E-state index in [9.17, 15) is 9.59 Å². The quantitative estimate of drug-likeness (QED) is 0.598. The van der Waals surface area contributed by atoms with Crippen molar-refractivity contribution >= 4 is 29.1 Å². The first-order chi connectivity index (χ1) is 14.8. The minimum atomic E-state index is -0.653. The molecule has 1 heterocycles. The van der Waals surface area contributed by atoms with Crippen LogP contribution in [0.5, 0.6) is 5.75 Å². The van der Waals surface area contributed by atoms with Gasteiger partial charge in [0.2, 0.25) is 0 Å². The second kappa shape index (κ2) is 9.30. The van der Waals surface area contributed by atoms with Crippen molar-refractivity contribution in [1.29, 1.82) is 0 Å². The first kappa shape index (κ1) is 21.8. The van der Waals surface area contributed by atoms with Crippen molar-refractivity contribution in [2.24, 2.45) is 0 Å². The number of carbonyl (C=O) groups is 2. The lowest BCUT2D eigenvalue weighted by Gasteiger charge is -2.27. The van der Waals surface area contributed by atoms with Crippen LogP contribution in [-0.4, -0.2) is 29.7 Å². The maximum atomic E-state index is 13.0. The summed E-state index contributed by atoms with van der Waals surface area (Å²) >= 11 is 0. The zero-order valence-corrected chi connectivity index (χ0v) is 18.0. The van der Waals surface area contributed by atoms with Gasteiger partial charge in [0.25, 0.3) is 5.91 Å². The number of amides is 2. The Hall–Kier alpha value is -3.87. The van der Waals surface area contributed by atoms with Crippen LogP contribution in [0.3, 0.4) is 0 Å². The van der Waals surface area contributed by atoms with Crippen LogP contribution in [0.1, 0.15) is 31.1 Å². The minimum Gasteiger partial charge on any atom is -0.497 e. The maximum Gasteiger partial charge on any atom is 0.419 e. The fraction of sp³-hybridized carbons (Fsp3) is 0.208. The number of methoxy groups -OCH3 is 1. The lowest BCUT2D eigenvalue weighted by molar-refractivity contribution is 0.0599. The summed E-state index contributed by atoms with van der Waals surface area (Å²) in [5, 5.41) is 2.82. The summed E-state index contributed by atoms with van der Waals surface area (Å²) in [6.07, 6.45) is 2.60. The molecule has 0 spiro atoms. The van der Waals surface area contributed by atoms with Gasteiger partial charge in [-0.25, -0.2) is 9.69 Å². The van der Waals surface area contributed by atoms with Crippen molar-refractivity contribution in [3.05, 3.63) is 78.6 Å². The molecule has 0 aliphatic heterocycles. The molecule has 0 saturated heterocycles. The summed E-state index contributed by atoms with van der Waals surface area (Å²) in [6.45, 7) is 5.44. The first-order valence-corrected chi connectivity index (χ1v) is 9.75. The standard InChI is InChI=1S/C24H25N3O4/c1-24(2,3)31-23(29)27(20-11-13-21(30-4)14-12-20)19-9-7-18(8-10-19)26-22(28)17-6-5-15-25-16-17/h5-16H,1-4H3,(H,26,28). The third-order valence-electron chi connectivity index (χ3n) is 4.21. The van der Waals surface area contributed by atoms with E-state index in [2.05, 4.69) is 10.3 Å². The van der Waals surface area contributed by atoms with Crippen LogP contribution in [0.2, 0.25) is 0 Å². The number of rotatable bonds is 5. The molecule has 0 bridgehead atoms. The van der Waals surface area contributed by atoms with Gasteiger partial charge in [0.1, 0.15) is 11.4 Å². The van der Waals surface area contributed by atoms with Crippen molar-refractivity contribution in [2.45, 2.75) is 26.4 Å². The second-order valence-electron chi connectivity index (χ2n) is 7.76. The number of anilines is 3. The fourth-order valence-corrected chi connectivity index (χ4v) is 2.79. The molecule has 7 heteroatoms. The van der Waals surface area contributed by atoms with Gasteiger partial charge in [0, 0.05) is 18.1 Å². The maximum absolute atomic E-state index is 13.0. The third kappa shape index (κ3) is 5.82. The number of benzene rings is 2. The Morgan fingerprint density at radius 1 is 0.935 bits per heavy atom. The zero-order valence-electron chi connectivity index (χ0n) is 18.0. The van der Waals surface area contributed by atoms with Crippen LogP contribution >= 0.6 is 0 Å². The molecule has 0 aliphatic rings. The molecule has 0 saturated carbocycles. The summed E-state index contributed by atoms with van der Waals surface area (Å²) < 4.78 is 10.8. The molecule has 31 heavy (non-hydrogen) atoms. The summed E-state index contributed by atoms with van der Waals surface area (Å²) in [5.74, 6) is 0.418. The number of pyridine rings is 1. The van der Waals surface area contributed by atoms with Crippen LogP contribution in [0.15, 0.2) is 73.1 Å². The monoisotopic (exact) mass is 419 g/mol. The van der Waals surface area contributed by atoms with E-state index in [-0.39, 0.29) is 5.91 Å². The normalized spacial score (nSPS) is 10.8. The van der Waals surface area contributed by atoms with Gasteiger partial charge in [0.15, 0.2) is 0 Å². The van der Waals surface area contributed by atoms with Crippen molar-refractivity contribution in [3.63, 3.8) is 0 Å². The predicted octanol–water partition coefficient (Wildman–Crippen LogP) is 5.42. The van der Waals surface area contributed by atoms with Crippen molar-refractivity contribution in [3.8, 4) is 5.75 Å². The molecule has 1 N–H and O–H groups in total. The molecule has 1 aromatic heterocycles. The molecular formula is C24H25N3O4. The van der Waals surface area contributed by atoms with Gasteiger partial charge in [-0.1, -0.05) is 0 Å². The van der Waals surface area contributed by atoms with Gasteiger partial charge in [-0.05, 0) is 81.4 Å². The number of ether oxygens (including phenoxy) is 2. The molecule has 0 fully saturated rings. The second-order valence-corrected chi connectivity index (χ2v) is 7.76. The molecule has 3 aromatic rings. The van der Waals surface area contributed by atoms with E-state index in [0.717, 1.165) is 0 Å². The summed E-state index contributed by atoms with van der Waals surface area (Å²) in [6, 6.07) is 17.4. The number of nitrogens with zero attached hydrogens (tertiary/aromatic N) is 2. The predicted molar refractivity (Wildman–Crippen MR) is 120 cm³/mol. The highest BCUT2D eigenvalue weighted by Crippen LogP contribution is 2.30. The molecule has 0 radical (unpaired) electrons. The molecule has 0 unspecified atom stereocenters. The minimum absolute atomic E-state index is 0.264. The molecule has 3 rings (SSSR count). The van der Waals surface area contributed by atoms with E-state index in [4.69, 9.17) is 9.47 Å². The molecule has 0 atom stereocenters. The Balaban J connectivity index is 1.86. The van der Waals surface area contributed by atoms with E-state index in [1.807, 2.05) is 20.8 Å². The summed E-state index contributed by atoms with van der Waals surface area (Å²) in [4.78, 5) is 30.7. The Morgan fingerprint density at radius 2 is 1.55 bits per heavy atom. The van der Waals surface area contributed by atoms with Crippen LogP contribution in [0.25, 0.3) is 0 Å². The van der Waals surface area contributed by atoms with Gasteiger partial charge in [-0.2, -0.15) is 0 Å². The van der Waals surface area contributed by atoms with Crippen molar-refractivity contribution < 1.29 is 19.1 Å². The highest BCUT2D eigenvalue weighted by Gasteiger charge is 2.25. The average molecular weight is 419 g/mol. The van der Waals surface area contributed by atoms with Gasteiger partial charge < -0.3 is 14.8 Å². The van der Waals surface area contributed by atoms with Crippen molar-refractivity contribution in [1.82, 2.24) is 4.98 Å². The fourth-order valence-electron chi connectivity index (χ4n) is 2.79. The van der Waals surface area contributed by atoms with Gasteiger partial charge in [-0.3, -0.25) is 9.78 Å². The number of hydrogen-bond donors (Lipinski definition) is 1. The SMILES string of the molecule is COc1ccc(N(C(=O)OC(C)(C)C)c2ccc(NC(=O)c3cccnc3)cc2)cc1. The van der Waals surface area contributed by atoms with Crippen LogP contribution in [-0.2, 0) is 4.74 Å². The number of hydrogen-bond acceptors (Lipinski definition) is 5. The average Bonchev–Trinajstić information content (AvgIpc) is 2.75. The molecule has 7 nitrogen and oxygen atoms in total. The largest absolute Gasteiger partial charge is 0.497 e. The molecule has 2 amide bonds. The molecule has 0 aliphatic carbocycles. The van der Waals surface area contributed by atoms with Crippen LogP contribution in [0, 0.1) is 0 Å². The molecule has 160 valence electrons. The molecule has 2 aromatic carbocycles.